The van der Waals surface area contributed by atoms with Crippen LogP contribution in [0, 0.1) is 0 Å². The molecule has 20 heavy (non-hydrogen) atoms. The molecule has 106 valence electrons. The monoisotopic (exact) mass is 348 g/mol. The summed E-state index contributed by atoms with van der Waals surface area (Å²) in [5, 5.41) is 11.3. The van der Waals surface area contributed by atoms with Crippen LogP contribution in [-0.4, -0.2) is 10.1 Å². The first-order chi connectivity index (χ1) is 9.45. The van der Waals surface area contributed by atoms with Crippen molar-refractivity contribution in [3.8, 4) is 5.75 Å². The lowest BCUT2D eigenvalue weighted by Crippen LogP contribution is -1.96. The van der Waals surface area contributed by atoms with Crippen molar-refractivity contribution in [2.24, 2.45) is 0 Å². The summed E-state index contributed by atoms with van der Waals surface area (Å²) in [5.41, 5.74) is 0.980. The second-order valence-electron chi connectivity index (χ2n) is 4.09. The summed E-state index contributed by atoms with van der Waals surface area (Å²) < 4.78 is 2.99. The molecule has 1 aromatic carbocycles. The fourth-order valence-corrected chi connectivity index (χ4v) is 2.94. The van der Waals surface area contributed by atoms with Crippen molar-refractivity contribution in [3.05, 3.63) is 51.1 Å². The van der Waals surface area contributed by atoms with Crippen LogP contribution >= 0.6 is 46.8 Å². The molecule has 1 heterocycles. The molecule has 0 aliphatic heterocycles. The number of nitrogens with zero attached hydrogens (tertiary/aromatic N) is 1. The molecule has 1 atom stereocenters. The molecule has 0 amide bonds. The first-order valence-corrected chi connectivity index (χ1v) is 7.69. The summed E-state index contributed by atoms with van der Waals surface area (Å²) in [6, 6.07) is 6.81. The van der Waals surface area contributed by atoms with Gasteiger partial charge in [0.1, 0.15) is 0 Å². The number of aromatic hydroxyl groups is 1. The number of hydrogen-bond acceptors (Lipinski definition) is 4. The Bertz CT molecular complexity index is 604. The van der Waals surface area contributed by atoms with Gasteiger partial charge in [-0.15, -0.1) is 0 Å². The second kappa shape index (κ2) is 6.76. The van der Waals surface area contributed by atoms with Crippen molar-refractivity contribution in [1.82, 2.24) is 4.98 Å². The molecule has 0 aliphatic rings. The van der Waals surface area contributed by atoms with E-state index in [4.69, 9.17) is 34.8 Å². The Morgan fingerprint density at radius 2 is 1.75 bits per heavy atom. The number of benzene rings is 1. The van der Waals surface area contributed by atoms with Crippen LogP contribution in [0.3, 0.4) is 0 Å². The molecule has 7 heteroatoms. The topological polar surface area (TPSA) is 45.2 Å². The summed E-state index contributed by atoms with van der Waals surface area (Å²) in [6.45, 7) is 1.99. The van der Waals surface area contributed by atoms with Gasteiger partial charge in [0.25, 0.3) is 0 Å². The molecule has 0 bridgehead atoms. The molecule has 0 fully saturated rings. The van der Waals surface area contributed by atoms with Gasteiger partial charge in [0.05, 0.1) is 5.02 Å². The normalized spacial score (nSPS) is 12.2. The molecule has 2 N–H and O–H groups in total. The molecule has 0 saturated carbocycles. The fourth-order valence-electron chi connectivity index (χ4n) is 1.53. The average molecular weight is 350 g/mol. The minimum atomic E-state index is 0.00123. The largest absolute Gasteiger partial charge is 0.504 e. The molecule has 0 aliphatic carbocycles. The SMILES string of the molecule is CC(SNc1ncc(Cl)cc1O)c1cc(Cl)cc(Cl)c1. The van der Waals surface area contributed by atoms with Crippen LogP contribution in [0.1, 0.15) is 17.7 Å². The molecule has 0 spiro atoms. The smallest absolute Gasteiger partial charge is 0.178 e. The van der Waals surface area contributed by atoms with Gasteiger partial charge in [0.2, 0.25) is 0 Å². The molecule has 3 nitrogen and oxygen atoms in total. The van der Waals surface area contributed by atoms with Crippen molar-refractivity contribution in [2.45, 2.75) is 12.2 Å². The van der Waals surface area contributed by atoms with E-state index in [1.807, 2.05) is 19.1 Å². The summed E-state index contributed by atoms with van der Waals surface area (Å²) in [5.74, 6) is 0.362. The summed E-state index contributed by atoms with van der Waals surface area (Å²) in [7, 11) is 0. The lowest BCUT2D eigenvalue weighted by molar-refractivity contribution is 0.476. The maximum atomic E-state index is 9.70. The van der Waals surface area contributed by atoms with Crippen LogP contribution in [0.15, 0.2) is 30.5 Å². The highest BCUT2D eigenvalue weighted by Gasteiger charge is 2.10. The molecule has 2 rings (SSSR count). The predicted molar refractivity (Wildman–Crippen MR) is 87.0 cm³/mol. The van der Waals surface area contributed by atoms with E-state index in [1.165, 1.54) is 24.2 Å². The van der Waals surface area contributed by atoms with Gasteiger partial charge in [-0.25, -0.2) is 4.98 Å². The first kappa shape index (κ1) is 15.6. The van der Waals surface area contributed by atoms with Crippen LogP contribution in [-0.2, 0) is 0 Å². The lowest BCUT2D eigenvalue weighted by atomic mass is 10.2. The number of anilines is 1. The number of hydrogen-bond donors (Lipinski definition) is 2. The standard InChI is InChI=1S/C13H11Cl3N2OS/c1-7(8-2-9(14)4-10(15)3-8)20-18-13-12(19)5-11(16)6-17-13/h2-7,19H,1H3,(H,17,18). The highest BCUT2D eigenvalue weighted by atomic mass is 35.5. The minimum Gasteiger partial charge on any atom is -0.504 e. The Balaban J connectivity index is 2.06. The molecule has 1 unspecified atom stereocenters. The fraction of sp³-hybridized carbons (Fsp3) is 0.154. The van der Waals surface area contributed by atoms with Gasteiger partial charge < -0.3 is 9.83 Å². The van der Waals surface area contributed by atoms with Gasteiger partial charge >= 0.3 is 0 Å². The Morgan fingerprint density at radius 1 is 1.10 bits per heavy atom. The van der Waals surface area contributed by atoms with Crippen molar-refractivity contribution in [3.63, 3.8) is 0 Å². The first-order valence-electron chi connectivity index (χ1n) is 5.68. The third-order valence-corrected chi connectivity index (χ3v) is 4.10. The second-order valence-corrected chi connectivity index (χ2v) is 6.54. The molecular formula is C13H11Cl3N2OS. The van der Waals surface area contributed by atoms with Crippen molar-refractivity contribution in [2.75, 3.05) is 4.72 Å². The Labute approximate surface area is 136 Å². The van der Waals surface area contributed by atoms with E-state index in [1.54, 1.807) is 6.07 Å². The van der Waals surface area contributed by atoms with E-state index in [9.17, 15) is 5.11 Å². The van der Waals surface area contributed by atoms with Gasteiger partial charge in [-0.3, -0.25) is 0 Å². The maximum Gasteiger partial charge on any atom is 0.178 e. The predicted octanol–water partition coefficient (Wildman–Crippen LogP) is 5.57. The Hall–Kier alpha value is -0.810. The summed E-state index contributed by atoms with van der Waals surface area (Å²) >= 11 is 19.1. The van der Waals surface area contributed by atoms with E-state index < -0.39 is 0 Å². The summed E-state index contributed by atoms with van der Waals surface area (Å²) in [6.07, 6.45) is 1.46. The lowest BCUT2D eigenvalue weighted by Gasteiger charge is -2.14. The Kier molecular flexibility index (Phi) is 5.27. The third kappa shape index (κ3) is 4.09. The third-order valence-electron chi connectivity index (χ3n) is 2.52. The van der Waals surface area contributed by atoms with Crippen molar-refractivity contribution in [1.29, 1.82) is 0 Å². The van der Waals surface area contributed by atoms with Crippen molar-refractivity contribution < 1.29 is 5.11 Å². The zero-order valence-electron chi connectivity index (χ0n) is 10.4. The Morgan fingerprint density at radius 3 is 2.35 bits per heavy atom. The van der Waals surface area contributed by atoms with E-state index in [0.29, 0.717) is 20.9 Å². The highest BCUT2D eigenvalue weighted by Crippen LogP contribution is 2.34. The van der Waals surface area contributed by atoms with Crippen LogP contribution < -0.4 is 4.72 Å². The molecule has 0 saturated heterocycles. The number of rotatable bonds is 4. The van der Waals surface area contributed by atoms with Gasteiger partial charge in [-0.1, -0.05) is 34.8 Å². The van der Waals surface area contributed by atoms with Gasteiger partial charge in [0.15, 0.2) is 11.6 Å². The van der Waals surface area contributed by atoms with Crippen LogP contribution in [0.2, 0.25) is 15.1 Å². The quantitative estimate of drug-likeness (QED) is 0.708. The molecular weight excluding hydrogens is 339 g/mol. The van der Waals surface area contributed by atoms with E-state index in [-0.39, 0.29) is 11.0 Å². The number of pyridine rings is 1. The van der Waals surface area contributed by atoms with E-state index >= 15 is 0 Å². The molecule has 1 aromatic heterocycles. The number of halogens is 3. The van der Waals surface area contributed by atoms with Crippen LogP contribution in [0.5, 0.6) is 5.75 Å². The van der Waals surface area contributed by atoms with Gasteiger partial charge in [0, 0.05) is 27.6 Å². The summed E-state index contributed by atoms with van der Waals surface area (Å²) in [4.78, 5) is 4.01. The molecule has 0 radical (unpaired) electrons. The number of aromatic nitrogens is 1. The van der Waals surface area contributed by atoms with Crippen LogP contribution in [0.4, 0.5) is 5.82 Å². The van der Waals surface area contributed by atoms with E-state index in [0.717, 1.165) is 5.56 Å². The zero-order valence-corrected chi connectivity index (χ0v) is 13.5. The maximum absolute atomic E-state index is 9.70. The van der Waals surface area contributed by atoms with Gasteiger partial charge in [-0.2, -0.15) is 0 Å². The average Bonchev–Trinajstić information content (AvgIpc) is 2.36. The number of nitrogens with one attached hydrogen (secondary N) is 1. The zero-order chi connectivity index (χ0) is 14.7. The van der Waals surface area contributed by atoms with Gasteiger partial charge in [-0.05, 0) is 42.6 Å². The van der Waals surface area contributed by atoms with E-state index in [2.05, 4.69) is 9.71 Å². The highest BCUT2D eigenvalue weighted by molar-refractivity contribution is 8.00. The van der Waals surface area contributed by atoms with Crippen LogP contribution in [0.25, 0.3) is 0 Å². The minimum absolute atomic E-state index is 0.00123. The molecule has 2 aromatic rings. The van der Waals surface area contributed by atoms with Crippen molar-refractivity contribution >= 4 is 52.6 Å².